The summed E-state index contributed by atoms with van der Waals surface area (Å²) < 4.78 is 17.0. The molecule has 1 heterocycles. The number of nitrogens with zero attached hydrogens (tertiary/aromatic N) is 4. The molecular formula is C39H61N8O18P. The third-order valence-corrected chi connectivity index (χ3v) is 11.2. The summed E-state index contributed by atoms with van der Waals surface area (Å²) >= 11 is 0. The van der Waals surface area contributed by atoms with Crippen LogP contribution in [0.5, 0.6) is 0 Å². The first-order chi connectivity index (χ1) is 31.1. The molecule has 3 atom stereocenters. The zero-order valence-corrected chi connectivity index (χ0v) is 37.3. The van der Waals surface area contributed by atoms with E-state index in [1.165, 1.54) is 0 Å². The van der Waals surface area contributed by atoms with E-state index in [2.05, 4.69) is 16.0 Å². The van der Waals surface area contributed by atoms with Crippen LogP contribution in [0, 0.1) is 0 Å². The number of hydrogen-bond donors (Lipinski definition) is 11. The second-order valence-corrected chi connectivity index (χ2v) is 16.9. The Morgan fingerprint density at radius 2 is 1.06 bits per heavy atom. The first-order valence-electron chi connectivity index (χ1n) is 21.0. The van der Waals surface area contributed by atoms with Gasteiger partial charge in [0.1, 0.15) is 12.1 Å². The Morgan fingerprint density at radius 1 is 0.576 bits per heavy atom. The molecule has 1 aliphatic rings. The van der Waals surface area contributed by atoms with Gasteiger partial charge in [0.2, 0.25) is 11.8 Å². The number of unbranched alkanes of at least 4 members (excludes halogenated alkanes) is 1. The second kappa shape index (κ2) is 29.8. The van der Waals surface area contributed by atoms with Crippen LogP contribution in [-0.4, -0.2) is 219 Å². The summed E-state index contributed by atoms with van der Waals surface area (Å²) in [4.78, 5) is 123. The Kier molecular flexibility index (Phi) is 25.6. The molecule has 0 aromatic heterocycles. The van der Waals surface area contributed by atoms with Crippen LogP contribution in [0.1, 0.15) is 54.4 Å². The smallest absolute Gasteiger partial charge is 0.403 e. The van der Waals surface area contributed by atoms with E-state index in [1.54, 1.807) is 39.0 Å². The Balaban J connectivity index is 1.78. The summed E-state index contributed by atoms with van der Waals surface area (Å²) in [5.41, 5.74) is 1.18. The van der Waals surface area contributed by atoms with E-state index in [1.807, 2.05) is 9.99 Å². The molecule has 370 valence electrons. The average Bonchev–Trinajstić information content (AvgIpc) is 3.22. The zero-order valence-electron chi connectivity index (χ0n) is 36.4. The summed E-state index contributed by atoms with van der Waals surface area (Å²) in [5, 5.41) is 65.2. The molecule has 27 heteroatoms. The van der Waals surface area contributed by atoms with Crippen LogP contribution in [0.2, 0.25) is 0 Å². The molecule has 3 amide bonds. The Hall–Kier alpha value is -5.60. The molecular weight excluding hydrogens is 899 g/mol. The van der Waals surface area contributed by atoms with Gasteiger partial charge in [0.15, 0.2) is 0 Å². The number of aliphatic carboxylic acids is 6. The molecule has 26 nitrogen and oxygen atoms in total. The minimum absolute atomic E-state index is 0.0382. The van der Waals surface area contributed by atoms with E-state index in [-0.39, 0.29) is 103 Å². The summed E-state index contributed by atoms with van der Waals surface area (Å²) in [6.07, 6.45) is -0.652. The molecule has 0 spiro atoms. The van der Waals surface area contributed by atoms with Gasteiger partial charge in [0, 0.05) is 90.3 Å². The van der Waals surface area contributed by atoms with Gasteiger partial charge >= 0.3 is 43.6 Å². The van der Waals surface area contributed by atoms with Crippen molar-refractivity contribution in [3.63, 3.8) is 0 Å². The number of benzene rings is 1. The highest BCUT2D eigenvalue weighted by Crippen LogP contribution is 2.38. The molecule has 1 fully saturated rings. The van der Waals surface area contributed by atoms with Crippen molar-refractivity contribution in [1.29, 1.82) is 0 Å². The van der Waals surface area contributed by atoms with E-state index in [4.69, 9.17) is 14.7 Å². The van der Waals surface area contributed by atoms with Crippen molar-refractivity contribution in [2.24, 2.45) is 0 Å². The number of rotatable bonds is 29. The van der Waals surface area contributed by atoms with E-state index in [9.17, 15) is 73.0 Å². The lowest BCUT2D eigenvalue weighted by Gasteiger charge is -2.32. The fraction of sp³-hybridized carbons (Fsp3) is 0.615. The highest BCUT2D eigenvalue weighted by Gasteiger charge is 2.30. The maximum absolute atomic E-state index is 13.0. The van der Waals surface area contributed by atoms with Crippen molar-refractivity contribution in [2.75, 3.05) is 98.2 Å². The number of hydrogen-bond acceptors (Lipinski definition) is 15. The molecule has 11 N–H and O–H groups in total. The molecule has 2 rings (SSSR count). The average molecular weight is 961 g/mol. The molecule has 0 radical (unpaired) electrons. The van der Waals surface area contributed by atoms with Crippen molar-refractivity contribution in [2.45, 2.75) is 57.0 Å². The Labute approximate surface area is 379 Å². The topological polar surface area (TPSA) is 383 Å². The van der Waals surface area contributed by atoms with E-state index in [0.717, 1.165) is 5.56 Å². The van der Waals surface area contributed by atoms with E-state index < -0.39 is 87.4 Å². The van der Waals surface area contributed by atoms with Crippen LogP contribution in [-0.2, 0) is 53.9 Å². The number of carboxylic acids is 6. The Bertz CT molecular complexity index is 1820. The van der Waals surface area contributed by atoms with Crippen LogP contribution in [0.4, 0.5) is 0 Å². The SMILES string of the molecule is O=C(O)CC[C@H](NP(=O)(O)OCCC(NC(=O)CCCCNC(=O)c1ccc(CCNC(=O)CN2CCN(CC(=O)O)CCN(CC(=O)O)CCN(CC(=O)O)CC2)cc1)C(=O)O)C(=O)O. The standard InChI is InChI=1S/C39H61N8O18P/c48-31(42-29(38(59)60)11-22-65-66(63,64)43-30(39(61)62)8-9-33(50)51)3-1-2-12-41-37(58)28-6-4-27(5-7-28)10-13-40-32(49)23-44-14-16-45(24-34(52)53)18-20-47(26-36(56)57)21-19-46(17-15-44)25-35(54)55/h4-7,29-30H,1-3,8-26H2,(H,40,49)(H,41,58)(H,42,48)(H,50,51)(H,52,53)(H,54,55)(H,56,57)(H,59,60)(H,61,62)(H2,43,63,64)/t29?,30-/m0/s1. The largest absolute Gasteiger partial charge is 0.481 e. The summed E-state index contributed by atoms with van der Waals surface area (Å²) in [5.74, 6) is -8.90. The predicted octanol–water partition coefficient (Wildman–Crippen LogP) is -2.30. The monoisotopic (exact) mass is 960 g/mol. The van der Waals surface area contributed by atoms with Crippen LogP contribution in [0.25, 0.3) is 0 Å². The van der Waals surface area contributed by atoms with Crippen LogP contribution < -0.4 is 21.0 Å². The molecule has 0 saturated carbocycles. The van der Waals surface area contributed by atoms with E-state index >= 15 is 0 Å². The highest BCUT2D eigenvalue weighted by atomic mass is 31.2. The number of amides is 3. The Morgan fingerprint density at radius 3 is 1.52 bits per heavy atom. The maximum atomic E-state index is 13.0. The third-order valence-electron chi connectivity index (χ3n) is 10.0. The molecule has 1 aromatic carbocycles. The van der Waals surface area contributed by atoms with Crippen molar-refractivity contribution in [3.8, 4) is 0 Å². The first kappa shape index (κ1) is 56.5. The highest BCUT2D eigenvalue weighted by molar-refractivity contribution is 7.50. The first-order valence-corrected chi connectivity index (χ1v) is 22.6. The zero-order chi connectivity index (χ0) is 49.2. The van der Waals surface area contributed by atoms with Gasteiger partial charge < -0.3 is 51.5 Å². The van der Waals surface area contributed by atoms with Gasteiger partial charge in [-0.1, -0.05) is 12.1 Å². The van der Waals surface area contributed by atoms with Crippen LogP contribution in [0.3, 0.4) is 0 Å². The summed E-state index contributed by atoms with van der Waals surface area (Å²) in [6, 6.07) is 3.42. The molecule has 1 saturated heterocycles. The second-order valence-electron chi connectivity index (χ2n) is 15.3. The molecule has 2 unspecified atom stereocenters. The molecule has 1 aliphatic heterocycles. The fourth-order valence-electron chi connectivity index (χ4n) is 6.49. The lowest BCUT2D eigenvalue weighted by Crippen LogP contribution is -2.49. The molecule has 66 heavy (non-hydrogen) atoms. The van der Waals surface area contributed by atoms with Gasteiger partial charge in [-0.2, -0.15) is 0 Å². The fourth-order valence-corrected chi connectivity index (χ4v) is 7.55. The molecule has 1 aromatic rings. The quantitative estimate of drug-likeness (QED) is 0.0297. The van der Waals surface area contributed by atoms with Crippen molar-refractivity contribution in [3.05, 3.63) is 35.4 Å². The minimum atomic E-state index is -4.79. The van der Waals surface area contributed by atoms with Gasteiger partial charge in [-0.25, -0.2) is 14.4 Å². The van der Waals surface area contributed by atoms with Crippen LogP contribution in [0.15, 0.2) is 24.3 Å². The normalized spacial score (nSPS) is 16.6. The lowest BCUT2D eigenvalue weighted by molar-refractivity contribution is -0.142. The van der Waals surface area contributed by atoms with Gasteiger partial charge in [-0.05, 0) is 43.4 Å². The van der Waals surface area contributed by atoms with Gasteiger partial charge in [0.05, 0.1) is 32.8 Å². The lowest BCUT2D eigenvalue weighted by atomic mass is 10.1. The van der Waals surface area contributed by atoms with Crippen molar-refractivity contribution >= 4 is 61.3 Å². The molecule has 0 aliphatic carbocycles. The number of carboxylic acid groups (broad SMARTS) is 6. The predicted molar refractivity (Wildman–Crippen MR) is 229 cm³/mol. The maximum Gasteiger partial charge on any atom is 0.403 e. The van der Waals surface area contributed by atoms with Gasteiger partial charge in [-0.15, -0.1) is 0 Å². The van der Waals surface area contributed by atoms with Crippen LogP contribution >= 0.6 is 7.75 Å². The number of nitrogens with one attached hydrogen (secondary N) is 4. The van der Waals surface area contributed by atoms with Gasteiger partial charge in [-0.3, -0.25) is 62.5 Å². The van der Waals surface area contributed by atoms with Crippen molar-refractivity contribution < 1.29 is 87.8 Å². The third kappa shape index (κ3) is 25.2. The van der Waals surface area contributed by atoms with Gasteiger partial charge in [0.25, 0.3) is 5.91 Å². The number of carbonyl (C=O) groups excluding carboxylic acids is 3. The molecule has 0 bridgehead atoms. The summed E-state index contributed by atoms with van der Waals surface area (Å²) in [6.45, 7) is 1.03. The van der Waals surface area contributed by atoms with Crippen molar-refractivity contribution in [1.82, 2.24) is 40.6 Å². The van der Waals surface area contributed by atoms with E-state index in [0.29, 0.717) is 31.5 Å². The summed E-state index contributed by atoms with van der Waals surface area (Å²) in [7, 11) is -4.79. The number of carbonyl (C=O) groups is 9. The minimum Gasteiger partial charge on any atom is -0.481 e.